The summed E-state index contributed by atoms with van der Waals surface area (Å²) in [5, 5.41) is 19.8. The first kappa shape index (κ1) is 18.3. The van der Waals surface area contributed by atoms with Gasteiger partial charge in [-0.1, -0.05) is 18.1 Å². The van der Waals surface area contributed by atoms with Gasteiger partial charge in [-0.3, -0.25) is 4.79 Å². The minimum atomic E-state index is -0.792. The van der Waals surface area contributed by atoms with Crippen LogP contribution in [0.25, 0.3) is 0 Å². The molecule has 0 saturated heterocycles. The summed E-state index contributed by atoms with van der Waals surface area (Å²) in [4.78, 5) is 23.1. The Morgan fingerprint density at radius 3 is 2.85 bits per heavy atom. The largest absolute Gasteiger partial charge is 0.507 e. The molecular formula is C20H24O6. The van der Waals surface area contributed by atoms with Crippen LogP contribution in [0, 0.1) is 12.8 Å². The number of phenols is 1. The predicted octanol–water partition coefficient (Wildman–Crippen LogP) is 3.51. The number of methoxy groups -OCH3 is 1. The maximum absolute atomic E-state index is 12.0. The number of cyclic esters (lactones) is 1. The van der Waals surface area contributed by atoms with Gasteiger partial charge in [0, 0.05) is 11.1 Å². The zero-order valence-corrected chi connectivity index (χ0v) is 15.1. The summed E-state index contributed by atoms with van der Waals surface area (Å²) in [6.07, 6.45) is 6.33. The lowest BCUT2D eigenvalue weighted by molar-refractivity contribution is -0.137. The molecule has 1 aliphatic carbocycles. The summed E-state index contributed by atoms with van der Waals surface area (Å²) in [5.41, 5.74) is 3.35. The molecular weight excluding hydrogens is 336 g/mol. The lowest BCUT2D eigenvalue weighted by Gasteiger charge is -2.24. The Labute approximate surface area is 152 Å². The molecule has 0 radical (unpaired) electrons. The summed E-state index contributed by atoms with van der Waals surface area (Å²) < 4.78 is 10.6. The number of aliphatic carboxylic acids is 1. The van der Waals surface area contributed by atoms with E-state index < -0.39 is 11.9 Å². The molecule has 26 heavy (non-hydrogen) atoms. The Kier molecular flexibility index (Phi) is 5.20. The number of benzene rings is 1. The molecule has 1 aromatic rings. The number of carbonyl (C=O) groups excluding carboxylic acids is 1. The van der Waals surface area contributed by atoms with Gasteiger partial charge >= 0.3 is 11.9 Å². The van der Waals surface area contributed by atoms with Crippen LogP contribution in [0.1, 0.15) is 59.2 Å². The number of esters is 1. The zero-order valence-electron chi connectivity index (χ0n) is 15.1. The highest BCUT2D eigenvalue weighted by molar-refractivity contribution is 5.98. The van der Waals surface area contributed by atoms with Gasteiger partial charge in [0.2, 0.25) is 0 Å². The van der Waals surface area contributed by atoms with Crippen LogP contribution < -0.4 is 4.74 Å². The van der Waals surface area contributed by atoms with Crippen LogP contribution in [0.5, 0.6) is 11.5 Å². The van der Waals surface area contributed by atoms with E-state index >= 15 is 0 Å². The second kappa shape index (κ2) is 7.40. The van der Waals surface area contributed by atoms with Gasteiger partial charge in [0.15, 0.2) is 0 Å². The van der Waals surface area contributed by atoms with Gasteiger partial charge in [-0.05, 0) is 44.1 Å². The van der Waals surface area contributed by atoms with E-state index in [-0.39, 0.29) is 30.3 Å². The number of hydrogen-bond donors (Lipinski definition) is 2. The standard InChI is InChI=1S/C20H24O6/c1-11-15-10-26-20(24)17(15)18(23)14(19(11)25-2)8-7-12-5-3-4-6-13(12)9-16(21)22/h7,13,23H,3-6,8-10H2,1-2H3,(H,21,22). The summed E-state index contributed by atoms with van der Waals surface area (Å²) in [6.45, 7) is 2.00. The lowest BCUT2D eigenvalue weighted by Crippen LogP contribution is -2.15. The monoisotopic (exact) mass is 360 g/mol. The van der Waals surface area contributed by atoms with Crippen molar-refractivity contribution in [1.82, 2.24) is 0 Å². The number of allylic oxidation sites excluding steroid dienone is 2. The number of carbonyl (C=O) groups is 2. The molecule has 140 valence electrons. The zero-order chi connectivity index (χ0) is 18.8. The molecule has 0 bridgehead atoms. The van der Waals surface area contributed by atoms with Crippen molar-refractivity contribution in [2.24, 2.45) is 5.92 Å². The highest BCUT2D eigenvalue weighted by Crippen LogP contribution is 2.42. The van der Waals surface area contributed by atoms with Crippen molar-refractivity contribution < 1.29 is 29.3 Å². The fourth-order valence-corrected chi connectivity index (χ4v) is 4.08. The number of ether oxygens (including phenoxy) is 2. The Bertz CT molecular complexity index is 777. The number of hydrogen-bond acceptors (Lipinski definition) is 5. The van der Waals surface area contributed by atoms with E-state index in [1.807, 2.05) is 13.0 Å². The minimum Gasteiger partial charge on any atom is -0.507 e. The molecule has 1 saturated carbocycles. The first-order valence-electron chi connectivity index (χ1n) is 8.93. The van der Waals surface area contributed by atoms with Gasteiger partial charge in [-0.2, -0.15) is 0 Å². The van der Waals surface area contributed by atoms with E-state index in [0.717, 1.165) is 36.8 Å². The van der Waals surface area contributed by atoms with Crippen LogP contribution in [0.2, 0.25) is 0 Å². The van der Waals surface area contributed by atoms with Crippen molar-refractivity contribution in [3.63, 3.8) is 0 Å². The van der Waals surface area contributed by atoms with Gasteiger partial charge in [0.05, 0.1) is 13.5 Å². The second-order valence-electron chi connectivity index (χ2n) is 6.94. The molecule has 1 heterocycles. The number of phenolic OH excluding ortho intramolecular Hbond substituents is 1. The van der Waals surface area contributed by atoms with Crippen LogP contribution in [0.4, 0.5) is 0 Å². The van der Waals surface area contributed by atoms with Gasteiger partial charge in [-0.25, -0.2) is 4.79 Å². The van der Waals surface area contributed by atoms with Gasteiger partial charge in [0.25, 0.3) is 0 Å². The average Bonchev–Trinajstić information content (AvgIpc) is 2.99. The van der Waals surface area contributed by atoms with E-state index in [1.54, 1.807) is 0 Å². The number of fused-ring (bicyclic) bond motifs is 1. The minimum absolute atomic E-state index is 0.0369. The molecule has 0 spiro atoms. The molecule has 6 nitrogen and oxygen atoms in total. The van der Waals surface area contributed by atoms with Crippen molar-refractivity contribution in [3.05, 3.63) is 33.9 Å². The van der Waals surface area contributed by atoms with Crippen LogP contribution in [-0.4, -0.2) is 29.3 Å². The number of carboxylic acids is 1. The molecule has 0 aromatic heterocycles. The van der Waals surface area contributed by atoms with Crippen molar-refractivity contribution in [3.8, 4) is 11.5 Å². The summed E-state index contributed by atoms with van der Waals surface area (Å²) >= 11 is 0. The maximum Gasteiger partial charge on any atom is 0.342 e. The van der Waals surface area contributed by atoms with E-state index in [1.165, 1.54) is 7.11 Å². The topological polar surface area (TPSA) is 93.1 Å². The number of rotatable bonds is 5. The van der Waals surface area contributed by atoms with Crippen molar-refractivity contribution in [2.45, 2.75) is 52.1 Å². The highest BCUT2D eigenvalue weighted by atomic mass is 16.5. The molecule has 1 aromatic carbocycles. The van der Waals surface area contributed by atoms with Gasteiger partial charge < -0.3 is 19.7 Å². The van der Waals surface area contributed by atoms with Crippen LogP contribution >= 0.6 is 0 Å². The van der Waals surface area contributed by atoms with E-state index in [9.17, 15) is 14.7 Å². The third kappa shape index (κ3) is 3.28. The quantitative estimate of drug-likeness (QED) is 0.616. The van der Waals surface area contributed by atoms with Crippen LogP contribution in [0.15, 0.2) is 11.6 Å². The molecule has 1 unspecified atom stereocenters. The Morgan fingerprint density at radius 1 is 1.38 bits per heavy atom. The van der Waals surface area contributed by atoms with Gasteiger partial charge in [-0.15, -0.1) is 0 Å². The molecule has 1 aliphatic heterocycles. The van der Waals surface area contributed by atoms with Crippen molar-refractivity contribution in [2.75, 3.05) is 7.11 Å². The van der Waals surface area contributed by atoms with E-state index in [4.69, 9.17) is 14.6 Å². The molecule has 1 fully saturated rings. The second-order valence-corrected chi connectivity index (χ2v) is 6.94. The third-order valence-electron chi connectivity index (χ3n) is 5.43. The molecule has 3 rings (SSSR count). The Hall–Kier alpha value is -2.50. The van der Waals surface area contributed by atoms with Gasteiger partial charge in [0.1, 0.15) is 23.7 Å². The predicted molar refractivity (Wildman–Crippen MR) is 94.5 cm³/mol. The molecule has 1 atom stereocenters. The molecule has 6 heteroatoms. The smallest absolute Gasteiger partial charge is 0.342 e. The Balaban J connectivity index is 1.96. The first-order chi connectivity index (χ1) is 12.4. The summed E-state index contributed by atoms with van der Waals surface area (Å²) in [5.74, 6) is -0.804. The van der Waals surface area contributed by atoms with E-state index in [2.05, 4.69) is 0 Å². The third-order valence-corrected chi connectivity index (χ3v) is 5.43. The molecule has 2 aliphatic rings. The summed E-state index contributed by atoms with van der Waals surface area (Å²) in [7, 11) is 1.54. The van der Waals surface area contributed by atoms with Crippen molar-refractivity contribution >= 4 is 11.9 Å². The van der Waals surface area contributed by atoms with Crippen LogP contribution in [0.3, 0.4) is 0 Å². The Morgan fingerprint density at radius 2 is 2.15 bits per heavy atom. The lowest BCUT2D eigenvalue weighted by atomic mass is 9.81. The highest BCUT2D eigenvalue weighted by Gasteiger charge is 2.32. The molecule has 2 N–H and O–H groups in total. The van der Waals surface area contributed by atoms with Crippen LogP contribution in [-0.2, 0) is 22.6 Å². The first-order valence-corrected chi connectivity index (χ1v) is 8.93. The normalized spacial score (nSPS) is 20.8. The number of aromatic hydroxyl groups is 1. The number of carboxylic acid groups (broad SMARTS) is 1. The fraction of sp³-hybridized carbons (Fsp3) is 0.500. The molecule has 0 amide bonds. The average molecular weight is 360 g/mol. The fourth-order valence-electron chi connectivity index (χ4n) is 4.08. The van der Waals surface area contributed by atoms with Crippen molar-refractivity contribution in [1.29, 1.82) is 0 Å². The SMILES string of the molecule is COc1c(C)c2c(c(O)c1CC=C1CCCCC1CC(=O)O)C(=O)OC2. The maximum atomic E-state index is 12.0. The summed E-state index contributed by atoms with van der Waals surface area (Å²) in [6, 6.07) is 0. The van der Waals surface area contributed by atoms with E-state index in [0.29, 0.717) is 23.3 Å².